The van der Waals surface area contributed by atoms with E-state index in [-0.39, 0.29) is 0 Å². The zero-order valence-corrected chi connectivity index (χ0v) is 11.5. The number of carbonyl (C=O) groups is 1. The SMILES string of the molecule is O=C(O)C1CN2C(=N1)Sc1c2ccc(Br)c1Cl. The molecule has 2 aliphatic heterocycles. The van der Waals surface area contributed by atoms with Crippen LogP contribution in [-0.4, -0.2) is 28.8 Å². The molecule has 0 fully saturated rings. The summed E-state index contributed by atoms with van der Waals surface area (Å²) in [5, 5.41) is 10.3. The topological polar surface area (TPSA) is 52.9 Å². The first-order valence-corrected chi connectivity index (χ1v) is 6.80. The molecule has 2 aliphatic rings. The van der Waals surface area contributed by atoms with Crippen LogP contribution in [0.1, 0.15) is 0 Å². The van der Waals surface area contributed by atoms with Gasteiger partial charge in [-0.2, -0.15) is 0 Å². The number of thioether (sulfide) groups is 1. The van der Waals surface area contributed by atoms with E-state index in [4.69, 9.17) is 16.7 Å². The number of fused-ring (bicyclic) bond motifs is 3. The summed E-state index contributed by atoms with van der Waals surface area (Å²) in [5.74, 6) is -0.891. The van der Waals surface area contributed by atoms with Crippen molar-refractivity contribution in [1.29, 1.82) is 0 Å². The predicted octanol–water partition coefficient (Wildman–Crippen LogP) is 2.84. The molecule has 1 atom stereocenters. The van der Waals surface area contributed by atoms with Gasteiger partial charge in [0.1, 0.15) is 0 Å². The fourth-order valence-corrected chi connectivity index (χ4v) is 3.70. The van der Waals surface area contributed by atoms with Gasteiger partial charge < -0.3 is 10.0 Å². The van der Waals surface area contributed by atoms with Crippen molar-refractivity contribution in [3.05, 3.63) is 21.6 Å². The zero-order valence-electron chi connectivity index (χ0n) is 8.35. The molecule has 4 nitrogen and oxygen atoms in total. The summed E-state index contributed by atoms with van der Waals surface area (Å²) < 4.78 is 0.835. The molecular weight excluding hydrogens is 328 g/mol. The molecule has 2 heterocycles. The van der Waals surface area contributed by atoms with Crippen LogP contribution in [0.3, 0.4) is 0 Å². The summed E-state index contributed by atoms with van der Waals surface area (Å²) in [6, 6.07) is 3.11. The molecule has 0 radical (unpaired) electrons. The maximum Gasteiger partial charge on any atom is 0.330 e. The third-order valence-corrected chi connectivity index (χ3v) is 5.17. The maximum atomic E-state index is 10.9. The van der Waals surface area contributed by atoms with E-state index >= 15 is 0 Å². The largest absolute Gasteiger partial charge is 0.480 e. The Hall–Kier alpha value is -0.720. The highest BCUT2D eigenvalue weighted by molar-refractivity contribution is 9.10. The first-order valence-electron chi connectivity index (χ1n) is 4.82. The highest BCUT2D eigenvalue weighted by atomic mass is 79.9. The van der Waals surface area contributed by atoms with Crippen LogP contribution in [0.2, 0.25) is 5.02 Å². The van der Waals surface area contributed by atoms with Crippen molar-refractivity contribution in [1.82, 2.24) is 0 Å². The lowest BCUT2D eigenvalue weighted by Gasteiger charge is -2.13. The standard InChI is InChI=1S/C10H6BrClN2O2S/c11-4-1-2-6-8(7(4)12)17-10-13-5(9(15)16)3-14(6)10/h1-2,5H,3H2,(H,15,16). The average Bonchev–Trinajstić information content (AvgIpc) is 2.81. The molecule has 0 aliphatic carbocycles. The van der Waals surface area contributed by atoms with Crippen molar-refractivity contribution >= 4 is 56.1 Å². The van der Waals surface area contributed by atoms with E-state index < -0.39 is 12.0 Å². The van der Waals surface area contributed by atoms with Crippen molar-refractivity contribution in [3.63, 3.8) is 0 Å². The van der Waals surface area contributed by atoms with Crippen LogP contribution in [0.4, 0.5) is 5.69 Å². The van der Waals surface area contributed by atoms with Crippen LogP contribution in [0, 0.1) is 0 Å². The molecule has 0 saturated heterocycles. The maximum absolute atomic E-state index is 10.9. The molecule has 88 valence electrons. The second-order valence-electron chi connectivity index (χ2n) is 3.69. The molecule has 0 saturated carbocycles. The lowest BCUT2D eigenvalue weighted by Crippen LogP contribution is -2.28. The molecule has 7 heteroatoms. The van der Waals surface area contributed by atoms with Crippen LogP contribution in [0.5, 0.6) is 0 Å². The molecule has 1 aromatic carbocycles. The van der Waals surface area contributed by atoms with Crippen LogP contribution in [-0.2, 0) is 4.79 Å². The highest BCUT2D eigenvalue weighted by Crippen LogP contribution is 2.48. The van der Waals surface area contributed by atoms with E-state index in [2.05, 4.69) is 20.9 Å². The van der Waals surface area contributed by atoms with E-state index in [9.17, 15) is 4.79 Å². The molecule has 1 aromatic rings. The van der Waals surface area contributed by atoms with E-state index in [1.807, 2.05) is 17.0 Å². The van der Waals surface area contributed by atoms with Crippen molar-refractivity contribution in [2.75, 3.05) is 11.4 Å². The molecule has 3 rings (SSSR count). The van der Waals surface area contributed by atoms with Gasteiger partial charge in [-0.3, -0.25) is 0 Å². The third-order valence-electron chi connectivity index (χ3n) is 2.65. The van der Waals surface area contributed by atoms with E-state index in [1.54, 1.807) is 0 Å². The number of aliphatic imine (C=N–C) groups is 1. The second kappa shape index (κ2) is 3.90. The summed E-state index contributed by atoms with van der Waals surface area (Å²) in [4.78, 5) is 17.9. The van der Waals surface area contributed by atoms with Gasteiger partial charge in [-0.15, -0.1) is 0 Å². The Morgan fingerprint density at radius 3 is 3.12 bits per heavy atom. The lowest BCUT2D eigenvalue weighted by molar-refractivity contribution is -0.137. The number of carboxylic acid groups (broad SMARTS) is 1. The molecule has 1 unspecified atom stereocenters. The number of nitrogens with zero attached hydrogens (tertiary/aromatic N) is 2. The number of carboxylic acids is 1. The van der Waals surface area contributed by atoms with Gasteiger partial charge in [0.15, 0.2) is 11.2 Å². The van der Waals surface area contributed by atoms with Gasteiger partial charge in [-0.05, 0) is 39.8 Å². The Morgan fingerprint density at radius 1 is 1.65 bits per heavy atom. The Labute approximate surface area is 115 Å². The van der Waals surface area contributed by atoms with Crippen LogP contribution in [0.25, 0.3) is 0 Å². The van der Waals surface area contributed by atoms with E-state index in [0.29, 0.717) is 16.7 Å². The van der Waals surface area contributed by atoms with Gasteiger partial charge in [-0.25, -0.2) is 9.79 Å². The molecule has 0 bridgehead atoms. The lowest BCUT2D eigenvalue weighted by atomic mass is 10.2. The van der Waals surface area contributed by atoms with Crippen LogP contribution >= 0.6 is 39.3 Å². The average molecular weight is 334 g/mol. The smallest absolute Gasteiger partial charge is 0.330 e. The van der Waals surface area contributed by atoms with Gasteiger partial charge >= 0.3 is 5.97 Å². The number of hydrogen-bond donors (Lipinski definition) is 1. The van der Waals surface area contributed by atoms with Crippen molar-refractivity contribution < 1.29 is 9.90 Å². The molecule has 0 spiro atoms. The quantitative estimate of drug-likeness (QED) is 0.858. The minimum atomic E-state index is -0.891. The van der Waals surface area contributed by atoms with Gasteiger partial charge in [0.05, 0.1) is 22.2 Å². The fraction of sp³-hybridized carbons (Fsp3) is 0.200. The summed E-state index contributed by atoms with van der Waals surface area (Å²) in [6.07, 6.45) is 0. The Balaban J connectivity index is 2.03. The molecular formula is C10H6BrClN2O2S. The number of aliphatic carboxylic acids is 1. The molecule has 1 N–H and O–H groups in total. The number of benzene rings is 1. The fourth-order valence-electron chi connectivity index (χ4n) is 1.83. The minimum absolute atomic E-state index is 0.378. The van der Waals surface area contributed by atoms with E-state index in [0.717, 1.165) is 15.1 Å². The van der Waals surface area contributed by atoms with Gasteiger partial charge in [0.2, 0.25) is 0 Å². The summed E-state index contributed by atoms with van der Waals surface area (Å²) in [7, 11) is 0. The summed E-state index contributed by atoms with van der Waals surface area (Å²) in [6.45, 7) is 0.378. The highest BCUT2D eigenvalue weighted by Gasteiger charge is 2.38. The minimum Gasteiger partial charge on any atom is -0.480 e. The number of amidine groups is 1. The Kier molecular flexibility index (Phi) is 2.61. The van der Waals surface area contributed by atoms with Crippen molar-refractivity contribution in [3.8, 4) is 0 Å². The molecule has 0 amide bonds. The van der Waals surface area contributed by atoms with Crippen LogP contribution in [0.15, 0.2) is 26.5 Å². The third kappa shape index (κ3) is 1.66. The molecule has 0 aromatic heterocycles. The molecule has 17 heavy (non-hydrogen) atoms. The van der Waals surface area contributed by atoms with Gasteiger partial charge in [0.25, 0.3) is 0 Å². The Morgan fingerprint density at radius 2 is 2.41 bits per heavy atom. The summed E-state index contributed by atoms with van der Waals surface area (Å²) >= 11 is 11.0. The zero-order chi connectivity index (χ0) is 12.2. The van der Waals surface area contributed by atoms with Crippen molar-refractivity contribution in [2.24, 2.45) is 4.99 Å². The number of halogens is 2. The number of rotatable bonds is 1. The first kappa shape index (κ1) is 11.4. The monoisotopic (exact) mass is 332 g/mol. The normalized spacial score (nSPS) is 21.2. The first-order chi connectivity index (χ1) is 8.08. The van der Waals surface area contributed by atoms with E-state index in [1.165, 1.54) is 11.8 Å². The van der Waals surface area contributed by atoms with Gasteiger partial charge in [-0.1, -0.05) is 11.6 Å². The predicted molar refractivity (Wildman–Crippen MR) is 71.2 cm³/mol. The summed E-state index contributed by atoms with van der Waals surface area (Å²) in [5.41, 5.74) is 0.936. The van der Waals surface area contributed by atoms with Crippen molar-refractivity contribution in [2.45, 2.75) is 10.9 Å². The van der Waals surface area contributed by atoms with Crippen LogP contribution < -0.4 is 4.90 Å². The number of anilines is 1. The number of hydrogen-bond acceptors (Lipinski definition) is 4. The second-order valence-corrected chi connectivity index (χ2v) is 5.90. The Bertz CT molecular complexity index is 563. The van der Waals surface area contributed by atoms with Gasteiger partial charge in [0, 0.05) is 4.47 Å².